The molecular weight excluding hydrogens is 314 g/mol. The van der Waals surface area contributed by atoms with E-state index in [0.29, 0.717) is 15.8 Å². The number of ether oxygens (including phenoxy) is 1. The van der Waals surface area contributed by atoms with Crippen molar-refractivity contribution in [1.29, 1.82) is 0 Å². The molecule has 0 aliphatic heterocycles. The lowest BCUT2D eigenvalue weighted by molar-refractivity contribution is 0.0899. The summed E-state index contributed by atoms with van der Waals surface area (Å²) in [5.41, 5.74) is 0. The Bertz CT molecular complexity index is 339. The smallest absolute Gasteiger partial charge is 0.261 e. The van der Waals surface area contributed by atoms with E-state index in [-0.39, 0.29) is 11.9 Å². The van der Waals surface area contributed by atoms with E-state index in [1.54, 1.807) is 19.2 Å². The van der Waals surface area contributed by atoms with Gasteiger partial charge in [0.25, 0.3) is 5.91 Å². The molecule has 1 atom stereocenters. The zero-order valence-corrected chi connectivity index (χ0v) is 12.0. The van der Waals surface area contributed by atoms with Crippen molar-refractivity contribution in [3.8, 4) is 0 Å². The van der Waals surface area contributed by atoms with E-state index in [2.05, 4.69) is 21.2 Å². The summed E-state index contributed by atoms with van der Waals surface area (Å²) in [6, 6.07) is 3.47. The quantitative estimate of drug-likeness (QED) is 0.816. The molecule has 6 heteroatoms. The normalized spacial score (nSPS) is 12.4. The third kappa shape index (κ3) is 4.41. The van der Waals surface area contributed by atoms with E-state index in [1.807, 2.05) is 0 Å². The molecule has 1 aromatic rings. The molecule has 16 heavy (non-hydrogen) atoms. The molecular formula is C10H13BrClNO2S. The predicted molar refractivity (Wildman–Crippen MR) is 70.9 cm³/mol. The number of rotatable bonds is 6. The number of hydrogen-bond donors (Lipinski definition) is 1. The molecule has 1 amide bonds. The summed E-state index contributed by atoms with van der Waals surface area (Å²) >= 11 is 10.4. The predicted octanol–water partition coefficient (Wildman–Crippen LogP) is 2.93. The maximum Gasteiger partial charge on any atom is 0.261 e. The van der Waals surface area contributed by atoms with Crippen LogP contribution in [0, 0.1) is 0 Å². The first-order valence-corrected chi connectivity index (χ1v) is 7.10. The van der Waals surface area contributed by atoms with E-state index in [1.165, 1.54) is 11.3 Å². The van der Waals surface area contributed by atoms with Gasteiger partial charge in [0.2, 0.25) is 0 Å². The van der Waals surface area contributed by atoms with Crippen molar-refractivity contribution in [2.75, 3.05) is 19.0 Å². The minimum Gasteiger partial charge on any atom is -0.383 e. The number of methoxy groups -OCH3 is 1. The molecule has 0 bridgehead atoms. The minimum absolute atomic E-state index is 0.0257. The number of hydrogen-bond acceptors (Lipinski definition) is 3. The standard InChI is InChI=1S/C10H13BrClNO2S/c1-15-6-7(4-5-11)13-10(14)8-2-3-9(12)16-8/h2-3,7H,4-6H2,1H3,(H,13,14). The maximum absolute atomic E-state index is 11.8. The number of alkyl halides is 1. The van der Waals surface area contributed by atoms with Crippen molar-refractivity contribution in [2.45, 2.75) is 12.5 Å². The number of nitrogens with one attached hydrogen (secondary N) is 1. The van der Waals surface area contributed by atoms with Gasteiger partial charge in [-0.3, -0.25) is 4.79 Å². The lowest BCUT2D eigenvalue weighted by Crippen LogP contribution is -2.37. The van der Waals surface area contributed by atoms with Crippen LogP contribution in [0.4, 0.5) is 0 Å². The highest BCUT2D eigenvalue weighted by atomic mass is 79.9. The third-order valence-corrected chi connectivity index (χ3v) is 3.65. The summed E-state index contributed by atoms with van der Waals surface area (Å²) in [7, 11) is 1.62. The monoisotopic (exact) mass is 325 g/mol. The van der Waals surface area contributed by atoms with Gasteiger partial charge < -0.3 is 10.1 Å². The van der Waals surface area contributed by atoms with Gasteiger partial charge in [-0.2, -0.15) is 0 Å². The van der Waals surface area contributed by atoms with Gasteiger partial charge in [-0.05, 0) is 18.6 Å². The van der Waals surface area contributed by atoms with Crippen LogP contribution < -0.4 is 5.32 Å². The maximum atomic E-state index is 11.8. The van der Waals surface area contributed by atoms with Crippen molar-refractivity contribution in [3.63, 3.8) is 0 Å². The molecule has 0 fully saturated rings. The molecule has 0 saturated heterocycles. The Morgan fingerprint density at radius 1 is 1.69 bits per heavy atom. The zero-order valence-electron chi connectivity index (χ0n) is 8.83. The summed E-state index contributed by atoms with van der Waals surface area (Å²) in [5, 5.41) is 3.73. The molecule has 0 aromatic carbocycles. The molecule has 1 rings (SSSR count). The molecule has 1 heterocycles. The SMILES string of the molecule is COCC(CCBr)NC(=O)c1ccc(Cl)s1. The molecule has 0 saturated carbocycles. The molecule has 90 valence electrons. The first-order chi connectivity index (χ1) is 7.67. The molecule has 0 spiro atoms. The van der Waals surface area contributed by atoms with Crippen molar-refractivity contribution >= 4 is 44.8 Å². The van der Waals surface area contributed by atoms with Crippen LogP contribution >= 0.6 is 38.9 Å². The highest BCUT2D eigenvalue weighted by Gasteiger charge is 2.14. The van der Waals surface area contributed by atoms with Crippen LogP contribution in [0.15, 0.2) is 12.1 Å². The second-order valence-electron chi connectivity index (χ2n) is 3.21. The summed E-state index contributed by atoms with van der Waals surface area (Å²) in [6.07, 6.45) is 0.832. The van der Waals surface area contributed by atoms with Crippen LogP contribution in [0.3, 0.4) is 0 Å². The lowest BCUT2D eigenvalue weighted by Gasteiger charge is -2.15. The fourth-order valence-electron chi connectivity index (χ4n) is 1.22. The van der Waals surface area contributed by atoms with Crippen molar-refractivity contribution in [3.05, 3.63) is 21.3 Å². The van der Waals surface area contributed by atoms with Crippen LogP contribution in [-0.2, 0) is 4.74 Å². The van der Waals surface area contributed by atoms with Crippen LogP contribution in [0.25, 0.3) is 0 Å². The van der Waals surface area contributed by atoms with Gasteiger partial charge in [0.1, 0.15) is 0 Å². The van der Waals surface area contributed by atoms with E-state index < -0.39 is 0 Å². The Balaban J connectivity index is 2.54. The van der Waals surface area contributed by atoms with E-state index in [0.717, 1.165) is 11.8 Å². The molecule has 3 nitrogen and oxygen atoms in total. The van der Waals surface area contributed by atoms with Crippen LogP contribution in [-0.4, -0.2) is 31.0 Å². The molecule has 1 N–H and O–H groups in total. The minimum atomic E-state index is -0.0973. The average molecular weight is 327 g/mol. The fourth-order valence-corrected chi connectivity index (χ4v) is 2.72. The topological polar surface area (TPSA) is 38.3 Å². The lowest BCUT2D eigenvalue weighted by atomic mass is 10.2. The average Bonchev–Trinajstić information content (AvgIpc) is 2.65. The number of carbonyl (C=O) groups excluding carboxylic acids is 1. The Morgan fingerprint density at radius 2 is 2.44 bits per heavy atom. The Morgan fingerprint density at radius 3 is 2.94 bits per heavy atom. The van der Waals surface area contributed by atoms with Gasteiger partial charge in [-0.1, -0.05) is 27.5 Å². The van der Waals surface area contributed by atoms with Gasteiger partial charge in [-0.15, -0.1) is 11.3 Å². The van der Waals surface area contributed by atoms with Gasteiger partial charge in [-0.25, -0.2) is 0 Å². The first-order valence-electron chi connectivity index (χ1n) is 4.78. The molecule has 0 aliphatic carbocycles. The third-order valence-electron chi connectivity index (χ3n) is 1.96. The van der Waals surface area contributed by atoms with Gasteiger partial charge in [0.15, 0.2) is 0 Å². The largest absolute Gasteiger partial charge is 0.383 e. The summed E-state index contributed by atoms with van der Waals surface area (Å²) in [5.74, 6) is -0.0973. The van der Waals surface area contributed by atoms with Crippen LogP contribution in [0.2, 0.25) is 4.34 Å². The zero-order chi connectivity index (χ0) is 12.0. The second kappa shape index (κ2) is 7.27. The van der Waals surface area contributed by atoms with Crippen LogP contribution in [0.5, 0.6) is 0 Å². The summed E-state index contributed by atoms with van der Waals surface area (Å²) < 4.78 is 5.66. The van der Waals surface area contributed by atoms with E-state index in [4.69, 9.17) is 16.3 Å². The summed E-state index contributed by atoms with van der Waals surface area (Å²) in [6.45, 7) is 0.510. The molecule has 0 aliphatic rings. The summed E-state index contributed by atoms with van der Waals surface area (Å²) in [4.78, 5) is 12.4. The highest BCUT2D eigenvalue weighted by molar-refractivity contribution is 9.09. The van der Waals surface area contributed by atoms with Crippen molar-refractivity contribution in [1.82, 2.24) is 5.32 Å². The van der Waals surface area contributed by atoms with E-state index in [9.17, 15) is 4.79 Å². The first kappa shape index (κ1) is 14.0. The number of amides is 1. The molecule has 1 unspecified atom stereocenters. The van der Waals surface area contributed by atoms with Gasteiger partial charge in [0, 0.05) is 12.4 Å². The molecule has 1 aromatic heterocycles. The van der Waals surface area contributed by atoms with Gasteiger partial charge >= 0.3 is 0 Å². The van der Waals surface area contributed by atoms with Crippen LogP contribution in [0.1, 0.15) is 16.1 Å². The van der Waals surface area contributed by atoms with Crippen molar-refractivity contribution in [2.24, 2.45) is 0 Å². The van der Waals surface area contributed by atoms with E-state index >= 15 is 0 Å². The fraction of sp³-hybridized carbons (Fsp3) is 0.500. The Hall–Kier alpha value is -0.100. The Labute approximate surface area is 112 Å². The van der Waals surface area contributed by atoms with Crippen molar-refractivity contribution < 1.29 is 9.53 Å². The molecule has 0 radical (unpaired) electrons. The Kier molecular flexibility index (Phi) is 6.34. The number of thiophene rings is 1. The highest BCUT2D eigenvalue weighted by Crippen LogP contribution is 2.21. The van der Waals surface area contributed by atoms with Gasteiger partial charge in [0.05, 0.1) is 21.9 Å². The number of halogens is 2. The number of carbonyl (C=O) groups is 1. The second-order valence-corrected chi connectivity index (χ2v) is 5.72.